The lowest BCUT2D eigenvalue weighted by atomic mass is 10.0. The smallest absolute Gasteiger partial charge is 0.303 e. The maximum Gasteiger partial charge on any atom is 0.303 e. The van der Waals surface area contributed by atoms with E-state index in [0.29, 0.717) is 5.92 Å². The van der Waals surface area contributed by atoms with Gasteiger partial charge in [-0.3, -0.25) is 9.59 Å². The first-order valence-electron chi connectivity index (χ1n) is 5.66. The highest BCUT2D eigenvalue weighted by molar-refractivity contribution is 5.82. The lowest BCUT2D eigenvalue weighted by Crippen LogP contribution is -2.47. The molecule has 0 radical (unpaired) electrons. The Kier molecular flexibility index (Phi) is 6.72. The number of aliphatic carboxylic acids is 1. The summed E-state index contributed by atoms with van der Waals surface area (Å²) >= 11 is 0. The van der Waals surface area contributed by atoms with Crippen molar-refractivity contribution in [1.29, 1.82) is 0 Å². The summed E-state index contributed by atoms with van der Waals surface area (Å²) < 4.78 is 0. The minimum atomic E-state index is -0.931. The molecule has 2 atom stereocenters. The van der Waals surface area contributed by atoms with Gasteiger partial charge < -0.3 is 16.2 Å². The van der Waals surface area contributed by atoms with E-state index < -0.39 is 12.0 Å². The first-order valence-corrected chi connectivity index (χ1v) is 5.66. The summed E-state index contributed by atoms with van der Waals surface area (Å²) in [6.07, 6.45) is 0.942. The molecule has 5 nitrogen and oxygen atoms in total. The molecule has 0 bridgehead atoms. The van der Waals surface area contributed by atoms with Gasteiger partial charge in [0.1, 0.15) is 0 Å². The minimum absolute atomic E-state index is 0.0763. The van der Waals surface area contributed by atoms with Crippen LogP contribution in [0.15, 0.2) is 0 Å². The van der Waals surface area contributed by atoms with Crippen LogP contribution in [0, 0.1) is 5.92 Å². The van der Waals surface area contributed by atoms with E-state index in [-0.39, 0.29) is 24.8 Å². The van der Waals surface area contributed by atoms with E-state index >= 15 is 0 Å². The molecule has 0 fully saturated rings. The molecule has 2 unspecified atom stereocenters. The van der Waals surface area contributed by atoms with Crippen molar-refractivity contribution in [1.82, 2.24) is 5.32 Å². The third-order valence-corrected chi connectivity index (χ3v) is 2.58. The normalized spacial score (nSPS) is 14.6. The first kappa shape index (κ1) is 14.9. The Morgan fingerprint density at radius 2 is 1.94 bits per heavy atom. The number of carbonyl (C=O) groups is 2. The Balaban J connectivity index is 4.08. The Morgan fingerprint density at radius 3 is 2.31 bits per heavy atom. The molecule has 0 aromatic rings. The second-order valence-electron chi connectivity index (χ2n) is 4.31. The van der Waals surface area contributed by atoms with Crippen LogP contribution in [0.1, 0.15) is 40.0 Å². The Hall–Kier alpha value is -1.10. The summed E-state index contributed by atoms with van der Waals surface area (Å²) in [5.41, 5.74) is 5.59. The van der Waals surface area contributed by atoms with Gasteiger partial charge in [-0.2, -0.15) is 0 Å². The number of carboxylic acid groups (broad SMARTS) is 1. The van der Waals surface area contributed by atoms with Crippen LogP contribution in [0.25, 0.3) is 0 Å². The zero-order chi connectivity index (χ0) is 12.7. The van der Waals surface area contributed by atoms with Crippen LogP contribution in [-0.4, -0.2) is 29.1 Å². The van der Waals surface area contributed by atoms with E-state index in [1.807, 2.05) is 20.8 Å². The number of rotatable bonds is 7. The molecule has 4 N–H and O–H groups in total. The lowest BCUT2D eigenvalue weighted by molar-refractivity contribution is -0.137. The van der Waals surface area contributed by atoms with Crippen molar-refractivity contribution in [2.75, 3.05) is 0 Å². The van der Waals surface area contributed by atoms with Gasteiger partial charge in [-0.15, -0.1) is 0 Å². The van der Waals surface area contributed by atoms with Crippen molar-refractivity contribution in [3.8, 4) is 0 Å². The topological polar surface area (TPSA) is 92.4 Å². The summed E-state index contributed by atoms with van der Waals surface area (Å²) in [5.74, 6) is -0.846. The van der Waals surface area contributed by atoms with Crippen LogP contribution in [0.2, 0.25) is 0 Å². The molecule has 0 spiro atoms. The molecule has 0 heterocycles. The number of amides is 1. The van der Waals surface area contributed by atoms with E-state index in [1.165, 1.54) is 0 Å². The predicted octanol–water partition coefficient (Wildman–Crippen LogP) is 0.729. The van der Waals surface area contributed by atoms with Gasteiger partial charge >= 0.3 is 5.97 Å². The third-order valence-electron chi connectivity index (χ3n) is 2.58. The van der Waals surface area contributed by atoms with Crippen molar-refractivity contribution in [3.63, 3.8) is 0 Å². The zero-order valence-electron chi connectivity index (χ0n) is 10.2. The number of hydrogen-bond donors (Lipinski definition) is 3. The van der Waals surface area contributed by atoms with Gasteiger partial charge in [0.15, 0.2) is 0 Å². The third kappa shape index (κ3) is 5.70. The monoisotopic (exact) mass is 230 g/mol. The van der Waals surface area contributed by atoms with Crippen LogP contribution >= 0.6 is 0 Å². The van der Waals surface area contributed by atoms with Crippen molar-refractivity contribution >= 4 is 11.9 Å². The molecule has 94 valence electrons. The van der Waals surface area contributed by atoms with Gasteiger partial charge in [-0.25, -0.2) is 0 Å². The lowest BCUT2D eigenvalue weighted by Gasteiger charge is -2.22. The maximum absolute atomic E-state index is 11.6. The number of hydrogen-bond acceptors (Lipinski definition) is 3. The first-order chi connectivity index (χ1) is 7.38. The number of nitrogens with two attached hydrogens (primary N) is 1. The molecule has 0 saturated heterocycles. The highest BCUT2D eigenvalue weighted by atomic mass is 16.4. The fraction of sp³-hybridized carbons (Fsp3) is 0.818. The molecule has 0 saturated carbocycles. The van der Waals surface area contributed by atoms with Crippen LogP contribution in [0.3, 0.4) is 0 Å². The molecule has 0 aliphatic carbocycles. The molecule has 0 aromatic heterocycles. The molecule has 0 aliphatic heterocycles. The van der Waals surface area contributed by atoms with Gasteiger partial charge in [-0.05, 0) is 18.8 Å². The average molecular weight is 230 g/mol. The summed E-state index contributed by atoms with van der Waals surface area (Å²) in [4.78, 5) is 21.9. The summed E-state index contributed by atoms with van der Waals surface area (Å²) in [6.45, 7) is 6.04. The maximum atomic E-state index is 11.6. The van der Waals surface area contributed by atoms with Crippen molar-refractivity contribution in [2.24, 2.45) is 11.7 Å². The largest absolute Gasteiger partial charge is 0.481 e. The predicted molar refractivity (Wildman–Crippen MR) is 61.9 cm³/mol. The molecule has 0 rings (SSSR count). The quantitative estimate of drug-likeness (QED) is 0.601. The van der Waals surface area contributed by atoms with Gasteiger partial charge in [0.05, 0.1) is 6.04 Å². The number of carboxylic acids is 1. The highest BCUT2D eigenvalue weighted by Crippen LogP contribution is 2.06. The summed E-state index contributed by atoms with van der Waals surface area (Å²) in [5, 5.41) is 11.3. The second-order valence-corrected chi connectivity index (χ2v) is 4.31. The minimum Gasteiger partial charge on any atom is -0.481 e. The van der Waals surface area contributed by atoms with Crippen LogP contribution in [0.5, 0.6) is 0 Å². The van der Waals surface area contributed by atoms with Gasteiger partial charge in [0.25, 0.3) is 0 Å². The number of nitrogens with one attached hydrogen (secondary N) is 1. The Morgan fingerprint density at radius 1 is 1.38 bits per heavy atom. The average Bonchev–Trinajstić information content (AvgIpc) is 2.21. The molecule has 1 amide bonds. The van der Waals surface area contributed by atoms with Crippen LogP contribution < -0.4 is 11.1 Å². The Labute approximate surface area is 96.4 Å². The SMILES string of the molecule is CCC(NC(=O)C(N)CCC(=O)O)C(C)C. The standard InChI is InChI=1S/C11H22N2O3/c1-4-9(7(2)3)13-11(16)8(12)5-6-10(14)15/h7-9H,4-6,12H2,1-3H3,(H,13,16)(H,14,15). The number of carbonyl (C=O) groups excluding carboxylic acids is 1. The Bertz CT molecular complexity index is 241. The highest BCUT2D eigenvalue weighted by Gasteiger charge is 2.19. The van der Waals surface area contributed by atoms with Crippen LogP contribution in [0.4, 0.5) is 0 Å². The molecular weight excluding hydrogens is 208 g/mol. The fourth-order valence-electron chi connectivity index (χ4n) is 1.44. The van der Waals surface area contributed by atoms with E-state index in [9.17, 15) is 9.59 Å². The van der Waals surface area contributed by atoms with Gasteiger partial charge in [-0.1, -0.05) is 20.8 Å². The van der Waals surface area contributed by atoms with E-state index in [1.54, 1.807) is 0 Å². The van der Waals surface area contributed by atoms with Crippen molar-refractivity contribution < 1.29 is 14.7 Å². The van der Waals surface area contributed by atoms with Gasteiger partial charge in [0, 0.05) is 12.5 Å². The second kappa shape index (κ2) is 7.22. The fourth-order valence-corrected chi connectivity index (χ4v) is 1.44. The summed E-state index contributed by atoms with van der Waals surface area (Å²) in [7, 11) is 0. The molecule has 0 aliphatic rings. The summed E-state index contributed by atoms with van der Waals surface area (Å²) in [6, 6.07) is -0.632. The van der Waals surface area contributed by atoms with Gasteiger partial charge in [0.2, 0.25) is 5.91 Å². The zero-order valence-corrected chi connectivity index (χ0v) is 10.2. The van der Waals surface area contributed by atoms with E-state index in [2.05, 4.69) is 5.32 Å². The van der Waals surface area contributed by atoms with E-state index in [4.69, 9.17) is 10.8 Å². The molecule has 16 heavy (non-hydrogen) atoms. The molecular formula is C11H22N2O3. The van der Waals surface area contributed by atoms with Crippen LogP contribution in [-0.2, 0) is 9.59 Å². The van der Waals surface area contributed by atoms with E-state index in [0.717, 1.165) is 6.42 Å². The van der Waals surface area contributed by atoms with Crippen molar-refractivity contribution in [3.05, 3.63) is 0 Å². The molecule has 5 heteroatoms. The molecule has 0 aromatic carbocycles. The van der Waals surface area contributed by atoms with Crippen molar-refractivity contribution in [2.45, 2.75) is 52.1 Å².